The molecule has 3 rings (SSSR count). The molecule has 0 aromatic carbocycles. The molecule has 0 N–H and O–H groups in total. The highest BCUT2D eigenvalue weighted by Crippen LogP contribution is 2.19. The van der Waals surface area contributed by atoms with E-state index < -0.39 is 0 Å². The molecule has 0 amide bonds. The van der Waals surface area contributed by atoms with Crippen LogP contribution in [0.1, 0.15) is 32.1 Å². The molecular weight excluding hydrogens is 238 g/mol. The molecule has 0 aliphatic heterocycles. The minimum Gasteiger partial charge on any atom is -0.296 e. The molecule has 2 aromatic heterocycles. The third-order valence-corrected chi connectivity index (χ3v) is 3.87. The quantitative estimate of drug-likeness (QED) is 0.776. The number of allylic oxidation sites excluding steroid dienone is 2. The topological polar surface area (TPSA) is 39.3 Å². The van der Waals surface area contributed by atoms with Gasteiger partial charge in [0, 0.05) is 12.7 Å². The van der Waals surface area contributed by atoms with E-state index in [9.17, 15) is 4.79 Å². The van der Waals surface area contributed by atoms with Gasteiger partial charge in [0.15, 0.2) is 0 Å². The molecule has 0 radical (unpaired) electrons. The van der Waals surface area contributed by atoms with Gasteiger partial charge in [0.05, 0.1) is 0 Å². The normalized spacial score (nSPS) is 22.0. The van der Waals surface area contributed by atoms with Crippen molar-refractivity contribution in [3.05, 3.63) is 47.2 Å². The third-order valence-electron chi connectivity index (χ3n) is 3.87. The van der Waals surface area contributed by atoms with Gasteiger partial charge in [0.2, 0.25) is 0 Å². The molecule has 1 unspecified atom stereocenters. The fourth-order valence-electron chi connectivity index (χ4n) is 2.79. The van der Waals surface area contributed by atoms with Gasteiger partial charge in [0.25, 0.3) is 5.56 Å². The van der Waals surface area contributed by atoms with Crippen LogP contribution in [0.2, 0.25) is 0 Å². The molecule has 0 spiro atoms. The van der Waals surface area contributed by atoms with E-state index >= 15 is 0 Å². The predicted molar refractivity (Wildman–Crippen MR) is 75.2 cm³/mol. The van der Waals surface area contributed by atoms with Gasteiger partial charge in [-0.15, -0.1) is 0 Å². The van der Waals surface area contributed by atoms with E-state index in [-0.39, 0.29) is 5.56 Å². The first-order valence-corrected chi connectivity index (χ1v) is 7.02. The van der Waals surface area contributed by atoms with Crippen molar-refractivity contribution in [3.63, 3.8) is 0 Å². The number of fused-ring (bicyclic) bond motifs is 1. The van der Waals surface area contributed by atoms with Crippen molar-refractivity contribution in [2.45, 2.75) is 38.6 Å². The molecule has 4 heteroatoms. The highest BCUT2D eigenvalue weighted by atomic mass is 16.1. The van der Waals surface area contributed by atoms with Gasteiger partial charge in [-0.3, -0.25) is 9.36 Å². The summed E-state index contributed by atoms with van der Waals surface area (Å²) < 4.78 is 3.41. The standard InChI is InChI=1S/C15H19N3O/c19-15-14-9-6-10-18(14)16-12-17(15)11-13-7-4-2-1-3-5-8-13/h1-2,6,9-10,12-13H,3-5,7-8,11H2/b2-1-. The van der Waals surface area contributed by atoms with Crippen LogP contribution in [-0.4, -0.2) is 14.2 Å². The number of hydrogen-bond acceptors (Lipinski definition) is 2. The summed E-state index contributed by atoms with van der Waals surface area (Å²) in [5, 5.41) is 4.28. The monoisotopic (exact) mass is 257 g/mol. The molecule has 1 aliphatic carbocycles. The first-order valence-electron chi connectivity index (χ1n) is 7.02. The van der Waals surface area contributed by atoms with Crippen LogP contribution in [0.15, 0.2) is 41.6 Å². The van der Waals surface area contributed by atoms with Crippen molar-refractivity contribution < 1.29 is 0 Å². The lowest BCUT2D eigenvalue weighted by Crippen LogP contribution is -2.26. The van der Waals surface area contributed by atoms with Crippen LogP contribution in [-0.2, 0) is 6.54 Å². The maximum atomic E-state index is 12.3. The summed E-state index contributed by atoms with van der Waals surface area (Å²) in [6.07, 6.45) is 13.9. The Bertz CT molecular complexity index is 638. The summed E-state index contributed by atoms with van der Waals surface area (Å²) in [5.41, 5.74) is 0.728. The van der Waals surface area contributed by atoms with Crippen molar-refractivity contribution in [1.82, 2.24) is 14.2 Å². The second kappa shape index (κ2) is 5.43. The van der Waals surface area contributed by atoms with Crippen molar-refractivity contribution >= 4 is 5.52 Å². The lowest BCUT2D eigenvalue weighted by atomic mass is 9.94. The predicted octanol–water partition coefficient (Wildman–Crippen LogP) is 2.63. The van der Waals surface area contributed by atoms with Crippen molar-refractivity contribution in [3.8, 4) is 0 Å². The summed E-state index contributed by atoms with van der Waals surface area (Å²) in [6.45, 7) is 0.793. The van der Waals surface area contributed by atoms with Gasteiger partial charge in [-0.1, -0.05) is 12.2 Å². The van der Waals surface area contributed by atoms with Gasteiger partial charge in [-0.05, 0) is 50.2 Å². The zero-order chi connectivity index (χ0) is 13.1. The van der Waals surface area contributed by atoms with Crippen LogP contribution < -0.4 is 5.56 Å². The Hall–Kier alpha value is -1.84. The van der Waals surface area contributed by atoms with Crippen LogP contribution in [0.3, 0.4) is 0 Å². The first kappa shape index (κ1) is 12.2. The minimum absolute atomic E-state index is 0.0672. The van der Waals surface area contributed by atoms with E-state index in [1.165, 1.54) is 19.3 Å². The van der Waals surface area contributed by atoms with Gasteiger partial charge in [0.1, 0.15) is 11.8 Å². The molecule has 4 nitrogen and oxygen atoms in total. The fourth-order valence-corrected chi connectivity index (χ4v) is 2.79. The van der Waals surface area contributed by atoms with E-state index in [0.717, 1.165) is 19.4 Å². The van der Waals surface area contributed by atoms with E-state index in [1.54, 1.807) is 15.4 Å². The Balaban J connectivity index is 1.82. The van der Waals surface area contributed by atoms with Crippen LogP contribution in [0.4, 0.5) is 0 Å². The first-order chi connectivity index (χ1) is 9.34. The molecule has 0 saturated carbocycles. The van der Waals surface area contributed by atoms with Crippen LogP contribution in [0, 0.1) is 5.92 Å². The molecule has 19 heavy (non-hydrogen) atoms. The average molecular weight is 257 g/mol. The third kappa shape index (κ3) is 2.62. The SMILES string of the molecule is O=c1c2cccn2ncn1CC1CC/C=C\CCC1. The molecule has 0 bridgehead atoms. The molecule has 2 aromatic rings. The number of hydrogen-bond donors (Lipinski definition) is 0. The minimum atomic E-state index is 0.0672. The lowest BCUT2D eigenvalue weighted by Gasteiger charge is -2.18. The fraction of sp³-hybridized carbons (Fsp3) is 0.467. The molecule has 2 heterocycles. The van der Waals surface area contributed by atoms with Gasteiger partial charge in [-0.25, -0.2) is 4.52 Å². The van der Waals surface area contributed by atoms with Gasteiger partial charge >= 0.3 is 0 Å². The Kier molecular flexibility index (Phi) is 3.49. The second-order valence-corrected chi connectivity index (χ2v) is 5.27. The lowest BCUT2D eigenvalue weighted by molar-refractivity contribution is 0.370. The summed E-state index contributed by atoms with van der Waals surface area (Å²) in [5.74, 6) is 0.585. The molecule has 0 fully saturated rings. The van der Waals surface area contributed by atoms with Crippen molar-refractivity contribution in [2.75, 3.05) is 0 Å². The highest BCUT2D eigenvalue weighted by Gasteiger charge is 2.12. The second-order valence-electron chi connectivity index (χ2n) is 5.27. The summed E-state index contributed by atoms with van der Waals surface area (Å²) in [6, 6.07) is 3.68. The van der Waals surface area contributed by atoms with Crippen LogP contribution >= 0.6 is 0 Å². The molecular formula is C15H19N3O. The van der Waals surface area contributed by atoms with E-state index in [4.69, 9.17) is 0 Å². The van der Waals surface area contributed by atoms with Crippen LogP contribution in [0.5, 0.6) is 0 Å². The Morgan fingerprint density at radius 2 is 2.16 bits per heavy atom. The maximum Gasteiger partial charge on any atom is 0.277 e. The molecule has 0 saturated heterocycles. The van der Waals surface area contributed by atoms with E-state index in [2.05, 4.69) is 17.3 Å². The summed E-state index contributed by atoms with van der Waals surface area (Å²) >= 11 is 0. The van der Waals surface area contributed by atoms with Gasteiger partial charge < -0.3 is 0 Å². The smallest absolute Gasteiger partial charge is 0.277 e. The Morgan fingerprint density at radius 3 is 3.11 bits per heavy atom. The van der Waals surface area contributed by atoms with Crippen molar-refractivity contribution in [2.24, 2.45) is 5.92 Å². The summed E-state index contributed by atoms with van der Waals surface area (Å²) in [4.78, 5) is 12.3. The molecule has 1 aliphatic rings. The Labute approximate surface area is 112 Å². The molecule has 100 valence electrons. The largest absolute Gasteiger partial charge is 0.296 e. The summed E-state index contributed by atoms with van der Waals surface area (Å²) in [7, 11) is 0. The van der Waals surface area contributed by atoms with Gasteiger partial charge in [-0.2, -0.15) is 5.10 Å². The average Bonchev–Trinajstić information content (AvgIpc) is 2.84. The molecule has 1 atom stereocenters. The van der Waals surface area contributed by atoms with E-state index in [0.29, 0.717) is 11.4 Å². The number of aromatic nitrogens is 3. The number of rotatable bonds is 2. The highest BCUT2D eigenvalue weighted by molar-refractivity contribution is 5.43. The van der Waals surface area contributed by atoms with Crippen molar-refractivity contribution in [1.29, 1.82) is 0 Å². The van der Waals surface area contributed by atoms with Crippen LogP contribution in [0.25, 0.3) is 5.52 Å². The maximum absolute atomic E-state index is 12.3. The number of nitrogens with zero attached hydrogens (tertiary/aromatic N) is 3. The van der Waals surface area contributed by atoms with E-state index in [1.807, 2.05) is 18.3 Å². The zero-order valence-corrected chi connectivity index (χ0v) is 11.0. The zero-order valence-electron chi connectivity index (χ0n) is 11.0. The Morgan fingerprint density at radius 1 is 1.26 bits per heavy atom.